The number of carbonyl (C=O) groups excluding carboxylic acids is 1. The molecule has 0 radical (unpaired) electrons. The molecule has 0 fully saturated rings. The third-order valence-corrected chi connectivity index (χ3v) is 1.46. The van der Waals surface area contributed by atoms with Gasteiger partial charge in [0, 0.05) is 12.5 Å². The van der Waals surface area contributed by atoms with E-state index in [2.05, 4.69) is 6.58 Å². The molecule has 0 saturated carbocycles. The van der Waals surface area contributed by atoms with Crippen LogP contribution in [-0.2, 0) is 4.79 Å². The third-order valence-electron chi connectivity index (χ3n) is 1.46. The Morgan fingerprint density at radius 3 is 2.45 bits per heavy atom. The Hall–Kier alpha value is -0.790. The van der Waals surface area contributed by atoms with Crippen LogP contribution in [-0.4, -0.2) is 17.4 Å². The predicted molar refractivity (Wildman–Crippen MR) is 47.0 cm³/mol. The number of carbonyl (C=O) groups is 1. The van der Waals surface area contributed by atoms with Gasteiger partial charge in [0.25, 0.3) is 0 Å². The van der Waals surface area contributed by atoms with E-state index >= 15 is 0 Å². The van der Waals surface area contributed by atoms with E-state index in [1.54, 1.807) is 11.1 Å². The molecule has 0 aliphatic rings. The summed E-state index contributed by atoms with van der Waals surface area (Å²) in [6, 6.07) is 0. The van der Waals surface area contributed by atoms with E-state index in [0.29, 0.717) is 0 Å². The van der Waals surface area contributed by atoms with Gasteiger partial charge in [0.2, 0.25) is 5.91 Å². The van der Waals surface area contributed by atoms with Gasteiger partial charge in [-0.25, -0.2) is 0 Å². The van der Waals surface area contributed by atoms with E-state index in [1.807, 2.05) is 20.8 Å². The summed E-state index contributed by atoms with van der Waals surface area (Å²) in [6.45, 7) is 10.2. The molecule has 2 heteroatoms. The quantitative estimate of drug-likeness (QED) is 0.608. The topological polar surface area (TPSA) is 20.3 Å². The van der Waals surface area contributed by atoms with Gasteiger partial charge in [-0.2, -0.15) is 0 Å². The van der Waals surface area contributed by atoms with Crippen LogP contribution in [0.25, 0.3) is 0 Å². The minimum absolute atomic E-state index is 0.0690. The Labute approximate surface area is 68.9 Å². The molecule has 0 N–H and O–H groups in total. The van der Waals surface area contributed by atoms with Crippen molar-refractivity contribution in [3.63, 3.8) is 0 Å². The summed E-state index contributed by atoms with van der Waals surface area (Å²) in [5.74, 6) is 0.224. The Morgan fingerprint density at radius 1 is 1.64 bits per heavy atom. The first-order valence-corrected chi connectivity index (χ1v) is 4.06. The lowest BCUT2D eigenvalue weighted by atomic mass is 10.2. The van der Waals surface area contributed by atoms with Crippen molar-refractivity contribution in [1.29, 1.82) is 0 Å². The van der Waals surface area contributed by atoms with E-state index < -0.39 is 0 Å². The van der Waals surface area contributed by atoms with Gasteiger partial charge in [0.1, 0.15) is 0 Å². The molecule has 2 nitrogen and oxygen atoms in total. The molecule has 64 valence electrons. The molecule has 0 aromatic carbocycles. The van der Waals surface area contributed by atoms with Gasteiger partial charge in [-0.3, -0.25) is 4.79 Å². The summed E-state index contributed by atoms with van der Waals surface area (Å²) >= 11 is 0. The Morgan fingerprint density at radius 2 is 2.18 bits per heavy atom. The number of amides is 1. The summed E-state index contributed by atoms with van der Waals surface area (Å²) in [6.07, 6.45) is 2.58. The summed E-state index contributed by atoms with van der Waals surface area (Å²) in [5, 5.41) is 0. The van der Waals surface area contributed by atoms with Gasteiger partial charge in [0.15, 0.2) is 0 Å². The Bertz CT molecular complexity index is 140. The molecule has 0 rings (SSSR count). The molecule has 0 spiro atoms. The van der Waals surface area contributed by atoms with Gasteiger partial charge in [-0.1, -0.05) is 27.4 Å². The predicted octanol–water partition coefficient (Wildman–Crippen LogP) is 2.02. The van der Waals surface area contributed by atoms with Crippen LogP contribution in [0, 0.1) is 5.92 Å². The van der Waals surface area contributed by atoms with Crippen molar-refractivity contribution in [2.24, 2.45) is 5.92 Å². The minimum atomic E-state index is 0.0690. The van der Waals surface area contributed by atoms with Crippen molar-refractivity contribution in [2.75, 3.05) is 6.54 Å². The second-order valence-electron chi connectivity index (χ2n) is 2.87. The Balaban J connectivity index is 4.02. The van der Waals surface area contributed by atoms with Crippen molar-refractivity contribution in [3.05, 3.63) is 12.8 Å². The number of hydrogen-bond donors (Lipinski definition) is 0. The van der Waals surface area contributed by atoms with E-state index in [4.69, 9.17) is 0 Å². The van der Waals surface area contributed by atoms with E-state index in [-0.39, 0.29) is 11.8 Å². The van der Waals surface area contributed by atoms with Crippen molar-refractivity contribution in [3.8, 4) is 0 Å². The summed E-state index contributed by atoms with van der Waals surface area (Å²) < 4.78 is 0. The molecule has 11 heavy (non-hydrogen) atoms. The molecule has 1 amide bonds. The zero-order valence-electron chi connectivity index (χ0n) is 7.63. The monoisotopic (exact) mass is 155 g/mol. The van der Waals surface area contributed by atoms with E-state index in [0.717, 1.165) is 13.0 Å². The summed E-state index contributed by atoms with van der Waals surface area (Å²) in [5.41, 5.74) is 0. The molecule has 0 aliphatic carbocycles. The van der Waals surface area contributed by atoms with E-state index in [1.165, 1.54) is 0 Å². The lowest BCUT2D eigenvalue weighted by Crippen LogP contribution is -2.29. The molecule has 0 heterocycles. The van der Waals surface area contributed by atoms with Crippen molar-refractivity contribution in [1.82, 2.24) is 4.90 Å². The van der Waals surface area contributed by atoms with Gasteiger partial charge in [0.05, 0.1) is 0 Å². The summed E-state index contributed by atoms with van der Waals surface area (Å²) in [7, 11) is 0. The second kappa shape index (κ2) is 4.94. The number of hydrogen-bond acceptors (Lipinski definition) is 1. The van der Waals surface area contributed by atoms with Crippen molar-refractivity contribution >= 4 is 5.91 Å². The highest BCUT2D eigenvalue weighted by Crippen LogP contribution is 2.02. The molecule has 0 aromatic heterocycles. The standard InChI is InChI=1S/C9H17NO/c1-5-7-10(6-2)9(11)8(3)4/h6,8H,2,5,7H2,1,3-4H3. The molecule has 0 aromatic rings. The zero-order chi connectivity index (χ0) is 8.85. The fourth-order valence-electron chi connectivity index (χ4n) is 0.864. The van der Waals surface area contributed by atoms with Crippen LogP contribution in [0.4, 0.5) is 0 Å². The number of rotatable bonds is 4. The summed E-state index contributed by atoms with van der Waals surface area (Å²) in [4.78, 5) is 13.0. The van der Waals surface area contributed by atoms with Crippen LogP contribution in [0.1, 0.15) is 27.2 Å². The van der Waals surface area contributed by atoms with Crippen LogP contribution in [0.15, 0.2) is 12.8 Å². The van der Waals surface area contributed by atoms with Crippen molar-refractivity contribution in [2.45, 2.75) is 27.2 Å². The van der Waals surface area contributed by atoms with Gasteiger partial charge in [-0.05, 0) is 12.6 Å². The molecule has 0 unspecified atom stereocenters. The minimum Gasteiger partial charge on any atom is -0.319 e. The first kappa shape index (κ1) is 10.2. The Kier molecular flexibility index (Phi) is 4.59. The van der Waals surface area contributed by atoms with Crippen molar-refractivity contribution < 1.29 is 4.79 Å². The fourth-order valence-corrected chi connectivity index (χ4v) is 0.864. The maximum atomic E-state index is 11.3. The van der Waals surface area contributed by atoms with Crippen LogP contribution in [0.3, 0.4) is 0 Å². The highest BCUT2D eigenvalue weighted by atomic mass is 16.2. The molecule has 0 atom stereocenters. The molecule has 0 bridgehead atoms. The largest absolute Gasteiger partial charge is 0.319 e. The van der Waals surface area contributed by atoms with E-state index in [9.17, 15) is 4.79 Å². The molecular weight excluding hydrogens is 138 g/mol. The van der Waals surface area contributed by atoms with Gasteiger partial charge in [-0.15, -0.1) is 0 Å². The maximum absolute atomic E-state index is 11.3. The van der Waals surface area contributed by atoms with Crippen LogP contribution in [0.5, 0.6) is 0 Å². The normalized spacial score (nSPS) is 9.82. The third kappa shape index (κ3) is 3.21. The molecule has 0 saturated heterocycles. The lowest BCUT2D eigenvalue weighted by Gasteiger charge is -2.18. The SMILES string of the molecule is C=CN(CCC)C(=O)C(C)C. The average Bonchev–Trinajstić information content (AvgIpc) is 1.98. The van der Waals surface area contributed by atoms with Crippen LogP contribution < -0.4 is 0 Å². The van der Waals surface area contributed by atoms with Gasteiger partial charge >= 0.3 is 0 Å². The van der Waals surface area contributed by atoms with Crippen LogP contribution in [0.2, 0.25) is 0 Å². The molecule has 0 aliphatic heterocycles. The zero-order valence-corrected chi connectivity index (χ0v) is 7.63. The first-order chi connectivity index (χ1) is 5.13. The fraction of sp³-hybridized carbons (Fsp3) is 0.667. The highest BCUT2D eigenvalue weighted by Gasteiger charge is 2.12. The van der Waals surface area contributed by atoms with Gasteiger partial charge < -0.3 is 4.90 Å². The number of nitrogens with zero attached hydrogens (tertiary/aromatic N) is 1. The highest BCUT2D eigenvalue weighted by molar-refractivity contribution is 5.78. The maximum Gasteiger partial charge on any atom is 0.229 e. The average molecular weight is 155 g/mol. The lowest BCUT2D eigenvalue weighted by molar-refractivity contribution is -0.131. The molecular formula is C9H17NO. The second-order valence-corrected chi connectivity index (χ2v) is 2.87. The van der Waals surface area contributed by atoms with Crippen LogP contribution >= 0.6 is 0 Å². The smallest absolute Gasteiger partial charge is 0.229 e. The first-order valence-electron chi connectivity index (χ1n) is 4.06.